The van der Waals surface area contributed by atoms with Gasteiger partial charge in [0.25, 0.3) is 0 Å². The van der Waals surface area contributed by atoms with E-state index in [1.165, 1.54) is 38.2 Å². The number of nitrogens with one attached hydrogen (secondary N) is 1. The first-order valence-electron chi connectivity index (χ1n) is 10.2. The summed E-state index contributed by atoms with van der Waals surface area (Å²) >= 11 is 6.45. The number of hydrogen-bond donors (Lipinski definition) is 1. The first kappa shape index (κ1) is 22.5. The quantitative estimate of drug-likeness (QED) is 0.383. The Morgan fingerprint density at radius 3 is 2.54 bits per heavy atom. The maximum Gasteiger partial charge on any atom is 0.180 e. The summed E-state index contributed by atoms with van der Waals surface area (Å²) < 4.78 is 25.3. The van der Waals surface area contributed by atoms with Gasteiger partial charge in [-0.1, -0.05) is 62.4 Å². The van der Waals surface area contributed by atoms with Crippen LogP contribution in [0.3, 0.4) is 0 Å². The molecule has 0 saturated carbocycles. The lowest BCUT2D eigenvalue weighted by Gasteiger charge is -2.16. The minimum absolute atomic E-state index is 0.0990. The van der Waals surface area contributed by atoms with Crippen LogP contribution in [0.15, 0.2) is 36.4 Å². The molecular weight excluding hydrogens is 377 g/mol. The molecule has 0 fully saturated rings. The first-order valence-corrected chi connectivity index (χ1v) is 10.6. The molecule has 0 aliphatic rings. The van der Waals surface area contributed by atoms with Crippen LogP contribution in [0, 0.1) is 5.82 Å². The fraction of sp³-hybridized carbons (Fsp3) is 0.478. The zero-order valence-electron chi connectivity index (χ0n) is 16.9. The highest BCUT2D eigenvalue weighted by Crippen LogP contribution is 2.37. The van der Waals surface area contributed by atoms with E-state index in [0.29, 0.717) is 28.7 Å². The second-order valence-corrected chi connectivity index (χ2v) is 7.22. The molecule has 28 heavy (non-hydrogen) atoms. The van der Waals surface area contributed by atoms with Crippen molar-refractivity contribution >= 4 is 11.6 Å². The van der Waals surface area contributed by atoms with E-state index < -0.39 is 0 Å². The average molecular weight is 408 g/mol. The third kappa shape index (κ3) is 7.33. The highest BCUT2D eigenvalue weighted by Gasteiger charge is 2.14. The summed E-state index contributed by atoms with van der Waals surface area (Å²) in [4.78, 5) is 0. The third-order valence-corrected chi connectivity index (χ3v) is 4.77. The third-order valence-electron chi connectivity index (χ3n) is 4.49. The van der Waals surface area contributed by atoms with Gasteiger partial charge in [-0.3, -0.25) is 0 Å². The molecule has 5 heteroatoms. The number of benzene rings is 2. The van der Waals surface area contributed by atoms with Gasteiger partial charge < -0.3 is 14.8 Å². The van der Waals surface area contributed by atoms with E-state index in [1.807, 2.05) is 19.1 Å². The summed E-state index contributed by atoms with van der Waals surface area (Å²) in [6.07, 6.45) is 6.30. The summed E-state index contributed by atoms with van der Waals surface area (Å²) in [6, 6.07) is 10.4. The van der Waals surface area contributed by atoms with Crippen LogP contribution < -0.4 is 14.8 Å². The monoisotopic (exact) mass is 407 g/mol. The number of halogens is 2. The summed E-state index contributed by atoms with van der Waals surface area (Å²) in [7, 11) is 0. The van der Waals surface area contributed by atoms with Gasteiger partial charge in [-0.2, -0.15) is 0 Å². The van der Waals surface area contributed by atoms with Crippen LogP contribution in [0.1, 0.15) is 57.1 Å². The molecule has 154 valence electrons. The molecule has 2 rings (SSSR count). The van der Waals surface area contributed by atoms with Crippen LogP contribution >= 0.6 is 11.6 Å². The predicted octanol–water partition coefficient (Wildman–Crippen LogP) is 6.52. The molecule has 3 nitrogen and oxygen atoms in total. The summed E-state index contributed by atoms with van der Waals surface area (Å²) in [5.41, 5.74) is 1.52. The number of unbranched alkanes of at least 4 members (excludes halogenated alkanes) is 4. The van der Waals surface area contributed by atoms with Crippen molar-refractivity contribution in [3.05, 3.63) is 58.4 Å². The van der Waals surface area contributed by atoms with E-state index in [-0.39, 0.29) is 12.4 Å². The van der Waals surface area contributed by atoms with Crippen LogP contribution in [0.5, 0.6) is 11.5 Å². The van der Waals surface area contributed by atoms with Crippen LogP contribution in [0.4, 0.5) is 4.39 Å². The molecule has 0 aliphatic heterocycles. The topological polar surface area (TPSA) is 30.5 Å². The fourth-order valence-corrected chi connectivity index (χ4v) is 3.27. The fourth-order valence-electron chi connectivity index (χ4n) is 2.98. The molecular formula is C23H31ClFNO2. The zero-order chi connectivity index (χ0) is 20.2. The Morgan fingerprint density at radius 1 is 1.00 bits per heavy atom. The van der Waals surface area contributed by atoms with Crippen molar-refractivity contribution in [1.29, 1.82) is 0 Å². The Labute approximate surface area is 173 Å². The van der Waals surface area contributed by atoms with Gasteiger partial charge in [-0.05, 0) is 43.7 Å². The van der Waals surface area contributed by atoms with Gasteiger partial charge in [0.15, 0.2) is 11.5 Å². The number of hydrogen-bond acceptors (Lipinski definition) is 3. The van der Waals surface area contributed by atoms with Crippen molar-refractivity contribution in [2.45, 2.75) is 59.1 Å². The molecule has 0 spiro atoms. The van der Waals surface area contributed by atoms with E-state index in [1.54, 1.807) is 18.2 Å². The number of rotatable bonds is 13. The van der Waals surface area contributed by atoms with Gasteiger partial charge in [-0.25, -0.2) is 4.39 Å². The molecule has 0 unspecified atom stereocenters. The Kier molecular flexibility index (Phi) is 10.2. The maximum absolute atomic E-state index is 13.8. The molecule has 0 aliphatic carbocycles. The highest BCUT2D eigenvalue weighted by atomic mass is 35.5. The number of ether oxygens (including phenoxy) is 2. The van der Waals surface area contributed by atoms with Crippen molar-refractivity contribution in [2.24, 2.45) is 0 Å². The van der Waals surface area contributed by atoms with Gasteiger partial charge in [0.1, 0.15) is 12.4 Å². The molecule has 2 aromatic carbocycles. The van der Waals surface area contributed by atoms with Gasteiger partial charge in [0, 0.05) is 12.1 Å². The van der Waals surface area contributed by atoms with Crippen molar-refractivity contribution in [3.63, 3.8) is 0 Å². The van der Waals surface area contributed by atoms with Crippen molar-refractivity contribution in [3.8, 4) is 11.5 Å². The molecule has 0 aromatic heterocycles. The molecule has 0 atom stereocenters. The van der Waals surface area contributed by atoms with E-state index >= 15 is 0 Å². The van der Waals surface area contributed by atoms with Gasteiger partial charge in [0.2, 0.25) is 0 Å². The molecule has 0 radical (unpaired) electrons. The van der Waals surface area contributed by atoms with Crippen LogP contribution in [-0.4, -0.2) is 13.2 Å². The molecule has 0 heterocycles. The second kappa shape index (κ2) is 12.6. The average Bonchev–Trinajstić information content (AvgIpc) is 2.68. The van der Waals surface area contributed by atoms with Gasteiger partial charge in [-0.15, -0.1) is 0 Å². The van der Waals surface area contributed by atoms with E-state index in [4.69, 9.17) is 21.1 Å². The molecule has 2 aromatic rings. The highest BCUT2D eigenvalue weighted by molar-refractivity contribution is 6.32. The van der Waals surface area contributed by atoms with E-state index in [9.17, 15) is 4.39 Å². The van der Waals surface area contributed by atoms with Gasteiger partial charge in [0.05, 0.1) is 11.6 Å². The molecule has 0 bridgehead atoms. The van der Waals surface area contributed by atoms with Crippen molar-refractivity contribution in [1.82, 2.24) is 5.32 Å². The lowest BCUT2D eigenvalue weighted by molar-refractivity contribution is 0.266. The maximum atomic E-state index is 13.8. The minimum Gasteiger partial charge on any atom is -0.490 e. The summed E-state index contributed by atoms with van der Waals surface area (Å²) in [5, 5.41) is 3.93. The van der Waals surface area contributed by atoms with Crippen LogP contribution in [-0.2, 0) is 13.2 Å². The van der Waals surface area contributed by atoms with E-state index in [0.717, 1.165) is 18.7 Å². The SMILES string of the molecule is CCCCCCCNCc1cc(Cl)c(OCc2ccccc2F)c(OCC)c1. The molecule has 1 N–H and O–H groups in total. The molecule has 0 saturated heterocycles. The molecule has 0 amide bonds. The van der Waals surface area contributed by atoms with Crippen molar-refractivity contribution in [2.75, 3.05) is 13.2 Å². The second-order valence-electron chi connectivity index (χ2n) is 6.81. The van der Waals surface area contributed by atoms with Crippen LogP contribution in [0.25, 0.3) is 0 Å². The Bertz CT molecular complexity index is 724. The predicted molar refractivity (Wildman–Crippen MR) is 114 cm³/mol. The first-order chi connectivity index (χ1) is 13.7. The minimum atomic E-state index is -0.295. The van der Waals surface area contributed by atoms with Crippen molar-refractivity contribution < 1.29 is 13.9 Å². The lowest BCUT2D eigenvalue weighted by atomic mass is 10.1. The lowest BCUT2D eigenvalue weighted by Crippen LogP contribution is -2.15. The normalized spacial score (nSPS) is 10.9. The smallest absolute Gasteiger partial charge is 0.180 e. The standard InChI is InChI=1S/C23H31ClFNO2/c1-3-5-6-7-10-13-26-16-18-14-20(24)23(22(15-18)27-4-2)28-17-19-11-8-9-12-21(19)25/h8-9,11-12,14-15,26H,3-7,10,13,16-17H2,1-2H3. The summed E-state index contributed by atoms with van der Waals surface area (Å²) in [5.74, 6) is 0.748. The van der Waals surface area contributed by atoms with Gasteiger partial charge >= 0.3 is 0 Å². The Hall–Kier alpha value is -1.78. The zero-order valence-corrected chi connectivity index (χ0v) is 17.7. The Balaban J connectivity index is 1.95. The summed E-state index contributed by atoms with van der Waals surface area (Å²) in [6.45, 7) is 6.44. The van der Waals surface area contributed by atoms with Crippen LogP contribution in [0.2, 0.25) is 5.02 Å². The van der Waals surface area contributed by atoms with E-state index in [2.05, 4.69) is 12.2 Å². The Morgan fingerprint density at radius 2 is 1.79 bits per heavy atom. The largest absolute Gasteiger partial charge is 0.490 e.